The van der Waals surface area contributed by atoms with Crippen molar-refractivity contribution < 1.29 is 41.0 Å². The number of nitrogens with one attached hydrogen (secondary N) is 1. The monoisotopic (exact) mass is 488 g/mol. The molecule has 0 bridgehead atoms. The van der Waals surface area contributed by atoms with Crippen molar-refractivity contribution in [1.82, 2.24) is 9.97 Å². The molecule has 3 rings (SSSR count). The van der Waals surface area contributed by atoms with Gasteiger partial charge in [0.25, 0.3) is 18.2 Å². The summed E-state index contributed by atoms with van der Waals surface area (Å²) in [6.07, 6.45) is -8.33. The van der Waals surface area contributed by atoms with Crippen LogP contribution in [0.3, 0.4) is 0 Å². The number of anilines is 1. The molecule has 4 atom stereocenters. The van der Waals surface area contributed by atoms with Gasteiger partial charge in [-0.15, -0.1) is 0 Å². The second-order valence-electron chi connectivity index (χ2n) is 7.88. The molecule has 0 saturated carbocycles. The van der Waals surface area contributed by atoms with E-state index in [9.17, 15) is 31.5 Å². The molecule has 8 nitrogen and oxygen atoms in total. The summed E-state index contributed by atoms with van der Waals surface area (Å²) in [6, 6.07) is 4.56. The quantitative estimate of drug-likeness (QED) is 0.601. The Hall–Kier alpha value is -3.35. The number of carbonyl (C=O) groups excluding carboxylic acids is 2. The molecule has 184 valence electrons. The van der Waals surface area contributed by atoms with Crippen molar-refractivity contribution in [2.75, 3.05) is 12.4 Å². The second-order valence-corrected chi connectivity index (χ2v) is 7.88. The van der Waals surface area contributed by atoms with Gasteiger partial charge in [-0.2, -0.15) is 13.2 Å². The Morgan fingerprint density at radius 3 is 2.50 bits per heavy atom. The van der Waals surface area contributed by atoms with Gasteiger partial charge in [0.15, 0.2) is 5.60 Å². The average molecular weight is 488 g/mol. The molecule has 2 amide bonds. The van der Waals surface area contributed by atoms with E-state index in [1.54, 1.807) is 0 Å². The van der Waals surface area contributed by atoms with Crippen LogP contribution in [-0.2, 0) is 9.53 Å². The molecule has 1 saturated heterocycles. The highest BCUT2D eigenvalue weighted by atomic mass is 19.4. The van der Waals surface area contributed by atoms with E-state index in [4.69, 9.17) is 15.2 Å². The van der Waals surface area contributed by atoms with Crippen molar-refractivity contribution in [3.8, 4) is 5.88 Å². The number of primary amides is 1. The summed E-state index contributed by atoms with van der Waals surface area (Å²) in [5.41, 5.74) is 1.65. The maximum Gasteiger partial charge on any atom is 0.417 e. The molecule has 1 aliphatic heterocycles. The predicted octanol–water partition coefficient (Wildman–Crippen LogP) is 3.60. The van der Waals surface area contributed by atoms with Gasteiger partial charge >= 0.3 is 6.18 Å². The lowest BCUT2D eigenvalue weighted by Crippen LogP contribution is -2.47. The lowest BCUT2D eigenvalue weighted by atomic mass is 9.77. The van der Waals surface area contributed by atoms with E-state index in [0.717, 1.165) is 32.2 Å². The third kappa shape index (κ3) is 4.52. The smallest absolute Gasteiger partial charge is 0.417 e. The molecule has 0 spiro atoms. The molecule has 3 heterocycles. The summed E-state index contributed by atoms with van der Waals surface area (Å²) < 4.78 is 78.5. The van der Waals surface area contributed by atoms with Gasteiger partial charge in [0, 0.05) is 29.3 Å². The van der Waals surface area contributed by atoms with Gasteiger partial charge in [0.1, 0.15) is 17.5 Å². The minimum atomic E-state index is -4.86. The lowest BCUT2D eigenvalue weighted by molar-refractivity contribution is -0.272. The summed E-state index contributed by atoms with van der Waals surface area (Å²) in [5.74, 6) is -4.79. The number of nitrogens with zero attached hydrogens (tertiary/aromatic N) is 2. The Morgan fingerprint density at radius 1 is 1.26 bits per heavy atom. The first kappa shape index (κ1) is 25.3. The first-order chi connectivity index (χ1) is 15.8. The normalized spacial score (nSPS) is 24.8. The molecule has 2 aromatic heterocycles. The fourth-order valence-corrected chi connectivity index (χ4v) is 3.88. The number of methoxy groups -OCH3 is 1. The minimum absolute atomic E-state index is 0.0000725. The fourth-order valence-electron chi connectivity index (χ4n) is 3.88. The SMILES string of the molecule is COc1nc(C(F)F)ccc1[C@H]1[C@@H](C(=O)Nc2ccnc(C(N)=O)c2)O[C@](C)(C(F)(F)F)[C@@H]1C. The molecule has 0 radical (unpaired) electrons. The Labute approximate surface area is 190 Å². The first-order valence-corrected chi connectivity index (χ1v) is 9.94. The molecular formula is C21H21F5N4O4. The van der Waals surface area contributed by atoms with Crippen LogP contribution >= 0.6 is 0 Å². The standard InChI is InChI=1S/C21H21F5N4O4/c1-9-14(11-4-5-12(16(22)23)30-19(11)33-3)15(34-20(9,2)21(24,25)26)18(32)29-10-6-7-28-13(8-10)17(27)31/h4-9,14-16H,1-3H3,(H2,27,31)(H,28,29,32)/t9-,14+,15+,20+/m1/s1. The van der Waals surface area contributed by atoms with Crippen LogP contribution in [0, 0.1) is 5.92 Å². The zero-order valence-corrected chi connectivity index (χ0v) is 18.2. The van der Waals surface area contributed by atoms with Crippen LogP contribution in [0.2, 0.25) is 0 Å². The van der Waals surface area contributed by atoms with E-state index in [0.29, 0.717) is 0 Å². The summed E-state index contributed by atoms with van der Waals surface area (Å²) in [4.78, 5) is 31.8. The van der Waals surface area contributed by atoms with Crippen LogP contribution in [0.5, 0.6) is 5.88 Å². The Balaban J connectivity index is 2.05. The molecule has 2 aromatic rings. The van der Waals surface area contributed by atoms with Crippen LogP contribution in [-0.4, -0.2) is 46.8 Å². The number of alkyl halides is 5. The largest absolute Gasteiger partial charge is 0.481 e. The summed E-state index contributed by atoms with van der Waals surface area (Å²) in [6.45, 7) is 2.05. The van der Waals surface area contributed by atoms with Gasteiger partial charge in [-0.1, -0.05) is 13.0 Å². The van der Waals surface area contributed by atoms with E-state index >= 15 is 0 Å². The number of hydrogen-bond acceptors (Lipinski definition) is 6. The third-order valence-corrected chi connectivity index (χ3v) is 5.89. The highest BCUT2D eigenvalue weighted by molar-refractivity contribution is 5.97. The summed E-state index contributed by atoms with van der Waals surface area (Å²) in [7, 11) is 1.13. The highest BCUT2D eigenvalue weighted by Crippen LogP contribution is 2.54. The lowest BCUT2D eigenvalue weighted by Gasteiger charge is -2.31. The van der Waals surface area contributed by atoms with Crippen molar-refractivity contribution >= 4 is 17.5 Å². The molecule has 1 fully saturated rings. The van der Waals surface area contributed by atoms with Gasteiger partial charge in [0.2, 0.25) is 5.88 Å². The topological polar surface area (TPSA) is 116 Å². The molecule has 0 aromatic carbocycles. The number of rotatable bonds is 6. The molecule has 13 heteroatoms. The maximum absolute atomic E-state index is 14.0. The Kier molecular flexibility index (Phi) is 6.78. The zero-order chi connectivity index (χ0) is 25.4. The van der Waals surface area contributed by atoms with Crippen molar-refractivity contribution in [3.63, 3.8) is 0 Å². The third-order valence-electron chi connectivity index (χ3n) is 5.89. The van der Waals surface area contributed by atoms with Gasteiger partial charge < -0.3 is 20.5 Å². The van der Waals surface area contributed by atoms with Gasteiger partial charge in [-0.3, -0.25) is 14.6 Å². The van der Waals surface area contributed by atoms with E-state index in [1.165, 1.54) is 19.2 Å². The summed E-state index contributed by atoms with van der Waals surface area (Å²) >= 11 is 0. The average Bonchev–Trinajstić information content (AvgIpc) is 3.05. The number of nitrogens with two attached hydrogens (primary N) is 1. The zero-order valence-electron chi connectivity index (χ0n) is 18.2. The van der Waals surface area contributed by atoms with E-state index in [2.05, 4.69) is 15.3 Å². The minimum Gasteiger partial charge on any atom is -0.481 e. The molecule has 0 unspecified atom stereocenters. The summed E-state index contributed by atoms with van der Waals surface area (Å²) in [5, 5.41) is 2.40. The number of halogens is 5. The number of carbonyl (C=O) groups is 2. The van der Waals surface area contributed by atoms with Gasteiger partial charge in [-0.25, -0.2) is 13.8 Å². The fraction of sp³-hybridized carbons (Fsp3) is 0.429. The van der Waals surface area contributed by atoms with Crippen molar-refractivity contribution in [3.05, 3.63) is 47.4 Å². The van der Waals surface area contributed by atoms with Gasteiger partial charge in [-0.05, 0) is 25.1 Å². The maximum atomic E-state index is 14.0. The number of hydrogen-bond donors (Lipinski definition) is 2. The number of ether oxygens (including phenoxy) is 2. The van der Waals surface area contributed by atoms with E-state index < -0.39 is 53.7 Å². The van der Waals surface area contributed by atoms with Crippen LogP contribution < -0.4 is 15.8 Å². The van der Waals surface area contributed by atoms with Gasteiger partial charge in [0.05, 0.1) is 7.11 Å². The van der Waals surface area contributed by atoms with Crippen LogP contribution in [0.4, 0.5) is 27.6 Å². The van der Waals surface area contributed by atoms with Crippen LogP contribution in [0.15, 0.2) is 30.5 Å². The highest BCUT2D eigenvalue weighted by Gasteiger charge is 2.65. The molecule has 1 aliphatic rings. The first-order valence-electron chi connectivity index (χ1n) is 9.94. The second kappa shape index (κ2) is 9.12. The van der Waals surface area contributed by atoms with E-state index in [-0.39, 0.29) is 22.8 Å². The van der Waals surface area contributed by atoms with E-state index in [1.807, 2.05) is 0 Å². The number of pyridine rings is 2. The van der Waals surface area contributed by atoms with Crippen molar-refractivity contribution in [2.45, 2.75) is 44.1 Å². The molecule has 34 heavy (non-hydrogen) atoms. The predicted molar refractivity (Wildman–Crippen MR) is 108 cm³/mol. The molecule has 0 aliphatic carbocycles. The Morgan fingerprint density at radius 2 is 1.94 bits per heavy atom. The van der Waals surface area contributed by atoms with Crippen molar-refractivity contribution in [1.29, 1.82) is 0 Å². The van der Waals surface area contributed by atoms with Crippen LogP contribution in [0.25, 0.3) is 0 Å². The van der Waals surface area contributed by atoms with Crippen LogP contribution in [0.1, 0.15) is 47.9 Å². The number of aromatic nitrogens is 2. The molecular weight excluding hydrogens is 467 g/mol. The molecule has 3 N–H and O–H groups in total. The number of amides is 2. The van der Waals surface area contributed by atoms with Crippen molar-refractivity contribution in [2.24, 2.45) is 11.7 Å². The Bertz CT molecular complexity index is 1100.